The highest BCUT2D eigenvalue weighted by atomic mass is 79.9. The fourth-order valence-corrected chi connectivity index (χ4v) is 3.61. The highest BCUT2D eigenvalue weighted by Crippen LogP contribution is 2.27. The van der Waals surface area contributed by atoms with Gasteiger partial charge in [-0.1, -0.05) is 36.7 Å². The maximum atomic E-state index is 12.3. The number of anilines is 1. The highest BCUT2D eigenvalue weighted by Gasteiger charge is 2.23. The Balaban J connectivity index is 3.08. The zero-order valence-electron chi connectivity index (χ0n) is 11.7. The molecule has 0 aliphatic heterocycles. The minimum absolute atomic E-state index is 0.0709. The summed E-state index contributed by atoms with van der Waals surface area (Å²) in [5.74, 6) is 0. The standard InChI is InChI=1S/C13H21BrN2O2S/c1-5-13(3,4)8-16-19(17,18)12-7-10(14)6-11(15)9(12)2/h6-7,16H,5,8,15H2,1-4H3. The molecule has 3 N–H and O–H groups in total. The van der Waals surface area contributed by atoms with Crippen molar-refractivity contribution in [3.05, 3.63) is 22.2 Å². The summed E-state index contributed by atoms with van der Waals surface area (Å²) in [5, 5.41) is 0. The van der Waals surface area contributed by atoms with Crippen molar-refractivity contribution in [1.29, 1.82) is 0 Å². The van der Waals surface area contributed by atoms with Gasteiger partial charge < -0.3 is 5.73 Å². The van der Waals surface area contributed by atoms with E-state index < -0.39 is 10.0 Å². The Labute approximate surface area is 124 Å². The zero-order valence-corrected chi connectivity index (χ0v) is 14.2. The highest BCUT2D eigenvalue weighted by molar-refractivity contribution is 9.10. The lowest BCUT2D eigenvalue weighted by atomic mass is 9.91. The van der Waals surface area contributed by atoms with E-state index in [0.717, 1.165) is 6.42 Å². The van der Waals surface area contributed by atoms with Crippen LogP contribution < -0.4 is 10.5 Å². The molecule has 0 unspecified atom stereocenters. The molecule has 0 aliphatic rings. The fraction of sp³-hybridized carbons (Fsp3) is 0.538. The van der Waals surface area contributed by atoms with Crippen LogP contribution in [0.5, 0.6) is 0 Å². The quantitative estimate of drug-likeness (QED) is 0.803. The molecule has 4 nitrogen and oxygen atoms in total. The van der Waals surface area contributed by atoms with E-state index in [1.54, 1.807) is 19.1 Å². The van der Waals surface area contributed by atoms with Crippen LogP contribution in [0.15, 0.2) is 21.5 Å². The van der Waals surface area contributed by atoms with E-state index in [4.69, 9.17) is 5.73 Å². The normalized spacial score (nSPS) is 12.7. The molecule has 0 bridgehead atoms. The average Bonchev–Trinajstić information content (AvgIpc) is 2.31. The fourth-order valence-electron chi connectivity index (χ4n) is 1.45. The molecule has 0 heterocycles. The molecule has 1 rings (SSSR count). The number of nitrogens with one attached hydrogen (secondary N) is 1. The SMILES string of the molecule is CCC(C)(C)CNS(=O)(=O)c1cc(Br)cc(N)c1C. The van der Waals surface area contributed by atoms with Gasteiger partial charge in [-0.2, -0.15) is 0 Å². The van der Waals surface area contributed by atoms with Gasteiger partial charge in [0.05, 0.1) is 4.90 Å². The molecular weight excluding hydrogens is 328 g/mol. The largest absolute Gasteiger partial charge is 0.398 e. The second-order valence-corrected chi connectivity index (χ2v) is 8.11. The van der Waals surface area contributed by atoms with Gasteiger partial charge in [0.1, 0.15) is 0 Å². The maximum Gasteiger partial charge on any atom is 0.240 e. The number of nitrogen functional groups attached to an aromatic ring is 1. The van der Waals surface area contributed by atoms with Gasteiger partial charge in [-0.15, -0.1) is 0 Å². The van der Waals surface area contributed by atoms with Gasteiger partial charge in [0.2, 0.25) is 10.0 Å². The molecular formula is C13H21BrN2O2S. The van der Waals surface area contributed by atoms with Crippen molar-refractivity contribution < 1.29 is 8.42 Å². The van der Waals surface area contributed by atoms with Gasteiger partial charge in [-0.25, -0.2) is 13.1 Å². The van der Waals surface area contributed by atoms with Crippen LogP contribution in [0.3, 0.4) is 0 Å². The Morgan fingerprint density at radius 3 is 2.47 bits per heavy atom. The number of rotatable bonds is 5. The minimum atomic E-state index is -3.54. The van der Waals surface area contributed by atoms with Crippen molar-refractivity contribution in [2.45, 2.75) is 39.0 Å². The van der Waals surface area contributed by atoms with Crippen molar-refractivity contribution >= 4 is 31.6 Å². The number of hydrogen-bond acceptors (Lipinski definition) is 3. The van der Waals surface area contributed by atoms with Crippen LogP contribution in [0.1, 0.15) is 32.8 Å². The molecule has 1 aromatic carbocycles. The second kappa shape index (κ2) is 5.81. The van der Waals surface area contributed by atoms with E-state index >= 15 is 0 Å². The van der Waals surface area contributed by atoms with E-state index in [-0.39, 0.29) is 10.3 Å². The number of nitrogens with two attached hydrogens (primary N) is 1. The summed E-state index contributed by atoms with van der Waals surface area (Å²) < 4.78 is 28.0. The van der Waals surface area contributed by atoms with Gasteiger partial charge >= 0.3 is 0 Å². The van der Waals surface area contributed by atoms with E-state index in [2.05, 4.69) is 20.7 Å². The Morgan fingerprint density at radius 2 is 1.95 bits per heavy atom. The summed E-state index contributed by atoms with van der Waals surface area (Å²) in [6, 6.07) is 3.28. The zero-order chi connectivity index (χ0) is 14.8. The first-order valence-corrected chi connectivity index (χ1v) is 8.42. The summed E-state index contributed by atoms with van der Waals surface area (Å²) in [6.45, 7) is 8.20. The summed E-state index contributed by atoms with van der Waals surface area (Å²) >= 11 is 3.27. The van der Waals surface area contributed by atoms with Gasteiger partial charge in [0.25, 0.3) is 0 Å². The molecule has 19 heavy (non-hydrogen) atoms. The Morgan fingerprint density at radius 1 is 1.37 bits per heavy atom. The molecule has 0 saturated carbocycles. The van der Waals surface area contributed by atoms with Gasteiger partial charge in [-0.3, -0.25) is 0 Å². The van der Waals surface area contributed by atoms with Crippen LogP contribution >= 0.6 is 15.9 Å². The van der Waals surface area contributed by atoms with Crippen molar-refractivity contribution in [3.63, 3.8) is 0 Å². The lowest BCUT2D eigenvalue weighted by molar-refractivity contribution is 0.350. The summed E-state index contributed by atoms with van der Waals surface area (Å²) in [7, 11) is -3.54. The molecule has 0 amide bonds. The number of halogens is 1. The molecule has 0 fully saturated rings. The third-order valence-corrected chi connectivity index (χ3v) is 5.34. The van der Waals surface area contributed by atoms with Gasteiger partial charge in [0.15, 0.2) is 0 Å². The van der Waals surface area contributed by atoms with E-state index in [9.17, 15) is 8.42 Å². The van der Waals surface area contributed by atoms with Crippen LogP contribution in [-0.2, 0) is 10.0 Å². The average molecular weight is 349 g/mol. The molecule has 0 spiro atoms. The van der Waals surface area contributed by atoms with Crippen molar-refractivity contribution in [2.24, 2.45) is 5.41 Å². The van der Waals surface area contributed by atoms with E-state index in [1.807, 2.05) is 20.8 Å². The monoisotopic (exact) mass is 348 g/mol. The predicted octanol–water partition coefficient (Wildman–Crippen LogP) is 3.05. The predicted molar refractivity (Wildman–Crippen MR) is 82.6 cm³/mol. The second-order valence-electron chi connectivity index (χ2n) is 5.46. The number of benzene rings is 1. The molecule has 0 aliphatic carbocycles. The first-order chi connectivity index (χ1) is 8.59. The summed E-state index contributed by atoms with van der Waals surface area (Å²) in [4.78, 5) is 0.228. The summed E-state index contributed by atoms with van der Waals surface area (Å²) in [5.41, 5.74) is 6.77. The van der Waals surface area contributed by atoms with Crippen LogP contribution in [-0.4, -0.2) is 15.0 Å². The molecule has 0 atom stereocenters. The topological polar surface area (TPSA) is 72.2 Å². The Kier molecular flexibility index (Phi) is 5.03. The first-order valence-electron chi connectivity index (χ1n) is 6.14. The smallest absolute Gasteiger partial charge is 0.240 e. The van der Waals surface area contributed by atoms with Crippen molar-refractivity contribution in [3.8, 4) is 0 Å². The van der Waals surface area contributed by atoms with Crippen LogP contribution in [0.4, 0.5) is 5.69 Å². The van der Waals surface area contributed by atoms with E-state index in [1.165, 1.54) is 0 Å². The molecule has 0 radical (unpaired) electrons. The van der Waals surface area contributed by atoms with Crippen molar-refractivity contribution in [2.75, 3.05) is 12.3 Å². The van der Waals surface area contributed by atoms with Gasteiger partial charge in [0, 0.05) is 16.7 Å². The molecule has 0 saturated heterocycles. The van der Waals surface area contributed by atoms with Crippen LogP contribution in [0, 0.1) is 12.3 Å². The Bertz CT molecular complexity index is 568. The van der Waals surface area contributed by atoms with E-state index in [0.29, 0.717) is 22.3 Å². The lowest BCUT2D eigenvalue weighted by Gasteiger charge is -2.23. The van der Waals surface area contributed by atoms with Gasteiger partial charge in [-0.05, 0) is 36.5 Å². The molecule has 0 aromatic heterocycles. The van der Waals surface area contributed by atoms with Crippen molar-refractivity contribution in [1.82, 2.24) is 4.72 Å². The number of sulfonamides is 1. The molecule has 1 aromatic rings. The first kappa shape index (κ1) is 16.5. The number of hydrogen-bond donors (Lipinski definition) is 2. The third kappa shape index (κ3) is 4.19. The van der Waals surface area contributed by atoms with Crippen LogP contribution in [0.25, 0.3) is 0 Å². The Hall–Kier alpha value is -0.590. The molecule has 6 heteroatoms. The summed E-state index contributed by atoms with van der Waals surface area (Å²) in [6.07, 6.45) is 0.898. The minimum Gasteiger partial charge on any atom is -0.398 e. The maximum absolute atomic E-state index is 12.3. The third-order valence-electron chi connectivity index (χ3n) is 3.35. The van der Waals surface area contributed by atoms with Crippen LogP contribution in [0.2, 0.25) is 0 Å². The molecule has 108 valence electrons. The lowest BCUT2D eigenvalue weighted by Crippen LogP contribution is -2.34.